The summed E-state index contributed by atoms with van der Waals surface area (Å²) in [5.74, 6) is -10.9. The normalized spacial score (nSPS) is 14.2. The summed E-state index contributed by atoms with van der Waals surface area (Å²) in [7, 11) is -2.53. The molecule has 3 aromatic rings. The molecule has 49 heavy (non-hydrogen) atoms. The molecule has 0 amide bonds. The number of aliphatic imine (C=N–C) groups is 1. The van der Waals surface area contributed by atoms with Crippen molar-refractivity contribution in [1.82, 2.24) is 4.48 Å². The van der Waals surface area contributed by atoms with E-state index in [1.165, 1.54) is 26.8 Å². The molecule has 0 unspecified atom stereocenters. The van der Waals surface area contributed by atoms with E-state index >= 15 is 0 Å². The third-order valence-electron chi connectivity index (χ3n) is 6.97. The number of benzene rings is 2. The molecule has 266 valence electrons. The smallest absolute Gasteiger partial charge is 0.385 e. The summed E-state index contributed by atoms with van der Waals surface area (Å²) in [4.78, 5) is 4.78. The van der Waals surface area contributed by atoms with Crippen LogP contribution in [0.5, 0.6) is 0 Å². The number of nitrogens with zero attached hydrogens (tertiary/aromatic N) is 2. The van der Waals surface area contributed by atoms with E-state index < -0.39 is 44.7 Å². The van der Waals surface area contributed by atoms with Crippen molar-refractivity contribution in [2.24, 2.45) is 4.99 Å². The number of hydrogen-bond acceptors (Lipinski definition) is 4. The predicted octanol–water partition coefficient (Wildman–Crippen LogP) is 9.64. The summed E-state index contributed by atoms with van der Waals surface area (Å²) in [6, 6.07) is 15.9. The zero-order valence-corrected chi connectivity index (χ0v) is 28.1. The van der Waals surface area contributed by atoms with E-state index in [0.29, 0.717) is 28.1 Å². The van der Waals surface area contributed by atoms with E-state index in [0.717, 1.165) is 21.2 Å². The lowest BCUT2D eigenvalue weighted by Crippen LogP contribution is -2.48. The molecule has 0 bridgehead atoms. The van der Waals surface area contributed by atoms with Crippen LogP contribution in [0.2, 0.25) is 0 Å². The molecular weight excluding hydrogens is 689 g/mol. The van der Waals surface area contributed by atoms with Crippen molar-refractivity contribution in [1.29, 1.82) is 0 Å². The Hall–Kier alpha value is -3.68. The molecule has 0 atom stereocenters. The van der Waals surface area contributed by atoms with Crippen LogP contribution in [-0.2, 0) is 9.31 Å². The Morgan fingerprint density at radius 3 is 1.67 bits per heavy atom. The lowest BCUT2D eigenvalue weighted by Gasteiger charge is -2.26. The topological polar surface area (TPSA) is 35.8 Å². The summed E-state index contributed by atoms with van der Waals surface area (Å²) in [5, 5.41) is 0. The van der Waals surface area contributed by atoms with Crippen LogP contribution >= 0.6 is 11.8 Å². The Bertz CT molecular complexity index is 1630. The number of thioether (sulfide) groups is 1. The third-order valence-corrected chi connectivity index (χ3v) is 6.97. The van der Waals surface area contributed by atoms with Crippen LogP contribution in [0.4, 0.5) is 43.9 Å². The second kappa shape index (κ2) is 16.4. The SMILES string of the molecule is C#C.C/C(=C1/N=C(c2ccc(C)cc2)c2ccccc21)c1c(C)cc(C)n1B(OCC(F)(F)C(F)(F)F)OCC(F)(F)C(F)(F)F.CSC. The molecule has 2 heterocycles. The number of alkyl halides is 10. The summed E-state index contributed by atoms with van der Waals surface area (Å²) in [6.07, 6.45) is -0.102. The molecule has 2 aromatic carbocycles. The molecule has 0 saturated carbocycles. The highest BCUT2D eigenvalue weighted by molar-refractivity contribution is 7.97. The molecule has 0 aliphatic carbocycles. The summed E-state index contributed by atoms with van der Waals surface area (Å²) in [5.41, 5.74) is 4.78. The van der Waals surface area contributed by atoms with E-state index in [4.69, 9.17) is 4.99 Å². The highest BCUT2D eigenvalue weighted by atomic mass is 32.2. The standard InChI is InChI=1S/C29H25BF10N2O2.C2H6S.C2H2/c1-16-9-11-20(12-10-16)24-22-8-6-5-7-21(22)23(41-24)19(4)25-17(2)13-18(3)42(25)30(43-14-26(31,32)28(35,36)37)44-15-27(33,34)29(38,39)40;1-3-2;1-2/h5-13H,14-15H2,1-4H3;1-2H3;1-2H/b23-19-;;. The highest BCUT2D eigenvalue weighted by Crippen LogP contribution is 2.40. The van der Waals surface area contributed by atoms with E-state index in [-0.39, 0.29) is 11.4 Å². The molecule has 1 aliphatic rings. The number of rotatable bonds is 9. The van der Waals surface area contributed by atoms with Crippen molar-refractivity contribution in [2.45, 2.75) is 51.9 Å². The van der Waals surface area contributed by atoms with Crippen molar-refractivity contribution in [2.75, 3.05) is 25.7 Å². The molecule has 0 fully saturated rings. The van der Waals surface area contributed by atoms with Crippen LogP contribution in [0, 0.1) is 33.6 Å². The minimum absolute atomic E-state index is 0.0526. The Morgan fingerprint density at radius 2 is 1.22 bits per heavy atom. The monoisotopic (exact) mass is 722 g/mol. The minimum Gasteiger partial charge on any atom is -0.385 e. The number of fused-ring (bicyclic) bond motifs is 1. The van der Waals surface area contributed by atoms with Crippen molar-refractivity contribution in [3.05, 3.63) is 93.8 Å². The van der Waals surface area contributed by atoms with Crippen LogP contribution in [-0.4, -0.2) is 67.4 Å². The highest BCUT2D eigenvalue weighted by Gasteiger charge is 2.60. The van der Waals surface area contributed by atoms with E-state index in [9.17, 15) is 43.9 Å². The maximum Gasteiger partial charge on any atom is 0.598 e. The van der Waals surface area contributed by atoms with Gasteiger partial charge in [0, 0.05) is 28.1 Å². The fraction of sp³-hybridized carbons (Fsp3) is 0.364. The maximum absolute atomic E-state index is 13.8. The van der Waals surface area contributed by atoms with Crippen LogP contribution in [0.25, 0.3) is 11.3 Å². The molecule has 16 heteroatoms. The van der Waals surface area contributed by atoms with Gasteiger partial charge in [0.2, 0.25) is 0 Å². The van der Waals surface area contributed by atoms with Gasteiger partial charge in [-0.1, -0.05) is 54.1 Å². The molecule has 0 N–H and O–H groups in total. The molecule has 1 aromatic heterocycles. The van der Waals surface area contributed by atoms with Gasteiger partial charge in [0.05, 0.1) is 11.4 Å². The van der Waals surface area contributed by atoms with Gasteiger partial charge in [-0.05, 0) is 57.4 Å². The Morgan fingerprint density at radius 1 is 0.776 bits per heavy atom. The average molecular weight is 722 g/mol. The number of terminal acetylenes is 1. The molecule has 0 spiro atoms. The van der Waals surface area contributed by atoms with E-state index in [1.54, 1.807) is 36.0 Å². The van der Waals surface area contributed by atoms with E-state index in [1.807, 2.05) is 43.7 Å². The molecular formula is C33H33BF10N2O2S. The molecule has 0 radical (unpaired) electrons. The zero-order valence-electron chi connectivity index (χ0n) is 27.2. The second-order valence-electron chi connectivity index (χ2n) is 10.8. The largest absolute Gasteiger partial charge is 0.598 e. The van der Waals surface area contributed by atoms with Crippen LogP contribution < -0.4 is 0 Å². The van der Waals surface area contributed by atoms with Gasteiger partial charge < -0.3 is 13.8 Å². The number of aryl methyl sites for hydroxylation is 3. The van der Waals surface area contributed by atoms with Gasteiger partial charge in [-0.25, -0.2) is 4.99 Å². The summed E-state index contributed by atoms with van der Waals surface area (Å²) < 4.78 is 143. The summed E-state index contributed by atoms with van der Waals surface area (Å²) in [6.45, 7) is 1.48. The van der Waals surface area contributed by atoms with Gasteiger partial charge in [0.25, 0.3) is 0 Å². The first-order valence-corrected chi connectivity index (χ1v) is 15.8. The van der Waals surface area contributed by atoms with Gasteiger partial charge in [-0.3, -0.25) is 0 Å². The van der Waals surface area contributed by atoms with Crippen molar-refractivity contribution in [3.8, 4) is 12.8 Å². The Labute approximate surface area is 282 Å². The lowest BCUT2D eigenvalue weighted by molar-refractivity contribution is -0.295. The quantitative estimate of drug-likeness (QED) is 0.125. The molecule has 0 saturated heterocycles. The fourth-order valence-corrected chi connectivity index (χ4v) is 4.74. The molecule has 4 rings (SSSR count). The zero-order chi connectivity index (χ0) is 37.5. The van der Waals surface area contributed by atoms with Crippen LogP contribution in [0.1, 0.15) is 46.1 Å². The number of allylic oxidation sites excluding steroid dienone is 1. The van der Waals surface area contributed by atoms with Crippen LogP contribution in [0.15, 0.2) is 59.6 Å². The number of aromatic nitrogens is 1. The van der Waals surface area contributed by atoms with Crippen molar-refractivity contribution < 1.29 is 53.2 Å². The first kappa shape index (κ1) is 41.5. The molecule has 4 nitrogen and oxygen atoms in total. The van der Waals surface area contributed by atoms with Gasteiger partial charge >= 0.3 is 31.5 Å². The summed E-state index contributed by atoms with van der Waals surface area (Å²) >= 11 is 1.75. The third kappa shape index (κ3) is 9.52. The van der Waals surface area contributed by atoms with Crippen molar-refractivity contribution >= 4 is 36.0 Å². The van der Waals surface area contributed by atoms with Gasteiger partial charge in [-0.2, -0.15) is 55.7 Å². The first-order chi connectivity index (χ1) is 22.7. The number of halogens is 10. The molecule has 1 aliphatic heterocycles. The van der Waals surface area contributed by atoms with Gasteiger partial charge in [-0.15, -0.1) is 12.8 Å². The fourth-order valence-electron chi connectivity index (χ4n) is 4.74. The van der Waals surface area contributed by atoms with Gasteiger partial charge in [0.15, 0.2) is 0 Å². The van der Waals surface area contributed by atoms with Gasteiger partial charge in [0.1, 0.15) is 13.2 Å². The van der Waals surface area contributed by atoms with Crippen molar-refractivity contribution in [3.63, 3.8) is 0 Å². The maximum atomic E-state index is 13.8. The number of hydrogen-bond donors (Lipinski definition) is 0. The Kier molecular flexibility index (Phi) is 13.8. The predicted molar refractivity (Wildman–Crippen MR) is 174 cm³/mol. The average Bonchev–Trinajstić information content (AvgIpc) is 3.54. The van der Waals surface area contributed by atoms with E-state index in [2.05, 4.69) is 22.2 Å². The Balaban J connectivity index is 0.00000158. The lowest BCUT2D eigenvalue weighted by atomic mass is 9.96. The minimum atomic E-state index is -6.09. The second-order valence-corrected chi connectivity index (χ2v) is 11.6. The first-order valence-electron chi connectivity index (χ1n) is 14.2. The van der Waals surface area contributed by atoms with Crippen LogP contribution in [0.3, 0.4) is 0 Å².